The lowest BCUT2D eigenvalue weighted by atomic mass is 10.1. The van der Waals surface area contributed by atoms with Crippen molar-refractivity contribution in [2.24, 2.45) is 5.73 Å². The number of alkyl halides is 5. The molecule has 0 heterocycles. The first-order valence-electron chi connectivity index (χ1n) is 5.06. The Bertz CT molecular complexity index is 374. The van der Waals surface area contributed by atoms with E-state index in [4.69, 9.17) is 5.73 Å². The highest BCUT2D eigenvalue weighted by molar-refractivity contribution is 5.21. The van der Waals surface area contributed by atoms with E-state index < -0.39 is 18.7 Å². The molecule has 1 aromatic rings. The van der Waals surface area contributed by atoms with Crippen LogP contribution in [0.3, 0.4) is 0 Å². The van der Waals surface area contributed by atoms with E-state index in [9.17, 15) is 22.0 Å². The summed E-state index contributed by atoms with van der Waals surface area (Å²) in [5.41, 5.74) is 6.69. The quantitative estimate of drug-likeness (QED) is 0.834. The number of hydrogen-bond donors (Lipinski definition) is 1. The Morgan fingerprint density at radius 2 is 1.44 bits per heavy atom. The molecule has 0 spiro atoms. The van der Waals surface area contributed by atoms with Crippen LogP contribution in [-0.4, -0.2) is 18.7 Å². The Hall–Kier alpha value is -1.21. The zero-order valence-corrected chi connectivity index (χ0v) is 9.31. The van der Waals surface area contributed by atoms with Gasteiger partial charge in [0.25, 0.3) is 0 Å². The van der Waals surface area contributed by atoms with E-state index in [0.29, 0.717) is 12.1 Å². The number of benzene rings is 1. The second-order valence-corrected chi connectivity index (χ2v) is 3.72. The molecule has 18 heavy (non-hydrogen) atoms. The van der Waals surface area contributed by atoms with E-state index in [2.05, 4.69) is 4.74 Å². The monoisotopic (exact) mass is 269 g/mol. The van der Waals surface area contributed by atoms with Gasteiger partial charge in [-0.15, -0.1) is 0 Å². The van der Waals surface area contributed by atoms with Gasteiger partial charge in [-0.1, -0.05) is 24.3 Å². The van der Waals surface area contributed by atoms with Gasteiger partial charge in [0.1, 0.15) is 6.61 Å². The van der Waals surface area contributed by atoms with E-state index >= 15 is 0 Å². The molecule has 102 valence electrons. The van der Waals surface area contributed by atoms with Crippen LogP contribution in [0.1, 0.15) is 11.1 Å². The molecule has 0 saturated carbocycles. The summed E-state index contributed by atoms with van der Waals surface area (Å²) < 4.78 is 64.8. The molecule has 0 atom stereocenters. The Kier molecular flexibility index (Phi) is 4.64. The highest BCUT2D eigenvalue weighted by Crippen LogP contribution is 2.35. The van der Waals surface area contributed by atoms with Crippen molar-refractivity contribution in [2.45, 2.75) is 25.3 Å². The highest BCUT2D eigenvalue weighted by atomic mass is 19.4. The summed E-state index contributed by atoms with van der Waals surface area (Å²) in [5, 5.41) is 0. The maximum Gasteiger partial charge on any atom is 0.455 e. The van der Waals surface area contributed by atoms with Crippen molar-refractivity contribution in [3.8, 4) is 0 Å². The van der Waals surface area contributed by atoms with E-state index in [1.807, 2.05) is 0 Å². The lowest BCUT2D eigenvalue weighted by Crippen LogP contribution is -2.40. The fourth-order valence-corrected chi connectivity index (χ4v) is 1.15. The van der Waals surface area contributed by atoms with Crippen LogP contribution >= 0.6 is 0 Å². The first-order chi connectivity index (χ1) is 8.26. The van der Waals surface area contributed by atoms with Crippen LogP contribution in [0.4, 0.5) is 22.0 Å². The molecule has 1 rings (SSSR count). The molecule has 7 heteroatoms. The highest BCUT2D eigenvalue weighted by Gasteiger charge is 2.57. The Morgan fingerprint density at radius 1 is 0.944 bits per heavy atom. The molecule has 0 saturated heterocycles. The SMILES string of the molecule is NCc1ccc(COCC(F)(F)C(F)(F)F)cc1. The number of halogens is 5. The van der Waals surface area contributed by atoms with Crippen LogP contribution in [0.5, 0.6) is 0 Å². The third-order valence-electron chi connectivity index (χ3n) is 2.23. The first kappa shape index (κ1) is 14.8. The molecule has 0 amide bonds. The molecule has 2 N–H and O–H groups in total. The number of nitrogens with two attached hydrogens (primary N) is 1. The summed E-state index contributed by atoms with van der Waals surface area (Å²) >= 11 is 0. The van der Waals surface area contributed by atoms with E-state index in [-0.39, 0.29) is 6.61 Å². The van der Waals surface area contributed by atoms with Crippen LogP contribution < -0.4 is 5.73 Å². The van der Waals surface area contributed by atoms with Crippen LogP contribution in [0.15, 0.2) is 24.3 Å². The average Bonchev–Trinajstić information content (AvgIpc) is 2.28. The van der Waals surface area contributed by atoms with E-state index in [1.54, 1.807) is 24.3 Å². The van der Waals surface area contributed by atoms with Gasteiger partial charge in [0.2, 0.25) is 0 Å². The van der Waals surface area contributed by atoms with E-state index in [0.717, 1.165) is 5.56 Å². The van der Waals surface area contributed by atoms with Crippen LogP contribution in [0, 0.1) is 0 Å². The molecule has 0 unspecified atom stereocenters. The third kappa shape index (κ3) is 3.92. The second-order valence-electron chi connectivity index (χ2n) is 3.72. The van der Waals surface area contributed by atoms with Crippen LogP contribution in [-0.2, 0) is 17.9 Å². The molecule has 0 aliphatic carbocycles. The van der Waals surface area contributed by atoms with Gasteiger partial charge in [-0.2, -0.15) is 22.0 Å². The summed E-state index contributed by atoms with van der Waals surface area (Å²) in [6, 6.07) is 6.43. The van der Waals surface area contributed by atoms with Gasteiger partial charge >= 0.3 is 12.1 Å². The molecule has 0 aromatic heterocycles. The van der Waals surface area contributed by atoms with Gasteiger partial charge in [0.05, 0.1) is 6.61 Å². The Balaban J connectivity index is 2.46. The van der Waals surface area contributed by atoms with Crippen molar-refractivity contribution in [3.05, 3.63) is 35.4 Å². The standard InChI is InChI=1S/C11H12F5NO/c12-10(13,11(14,15)16)7-18-6-9-3-1-8(5-17)2-4-9/h1-4H,5-7,17H2. The molecule has 0 aliphatic heterocycles. The molecule has 0 fully saturated rings. The number of rotatable bonds is 5. The summed E-state index contributed by atoms with van der Waals surface area (Å²) in [5.74, 6) is -4.83. The largest absolute Gasteiger partial charge is 0.455 e. The topological polar surface area (TPSA) is 35.2 Å². The zero-order valence-electron chi connectivity index (χ0n) is 9.31. The van der Waals surface area contributed by atoms with Crippen molar-refractivity contribution in [3.63, 3.8) is 0 Å². The van der Waals surface area contributed by atoms with Crippen LogP contribution in [0.25, 0.3) is 0 Å². The van der Waals surface area contributed by atoms with Gasteiger partial charge in [-0.3, -0.25) is 0 Å². The molecular formula is C11H12F5NO. The minimum atomic E-state index is -5.59. The molecule has 0 bridgehead atoms. The predicted octanol–water partition coefficient (Wildman–Crippen LogP) is 2.86. The van der Waals surface area contributed by atoms with Gasteiger partial charge in [-0.05, 0) is 11.1 Å². The van der Waals surface area contributed by atoms with Gasteiger partial charge in [0.15, 0.2) is 0 Å². The fraction of sp³-hybridized carbons (Fsp3) is 0.455. The Morgan fingerprint density at radius 3 is 1.89 bits per heavy atom. The summed E-state index contributed by atoms with van der Waals surface area (Å²) in [6.45, 7) is -1.67. The van der Waals surface area contributed by atoms with Gasteiger partial charge in [0, 0.05) is 6.54 Å². The minimum Gasteiger partial charge on any atom is -0.370 e. The fourth-order valence-electron chi connectivity index (χ4n) is 1.15. The zero-order chi connectivity index (χ0) is 13.8. The first-order valence-corrected chi connectivity index (χ1v) is 5.06. The number of ether oxygens (including phenoxy) is 1. The molecule has 0 radical (unpaired) electrons. The maximum absolute atomic E-state index is 12.5. The second kappa shape index (κ2) is 5.62. The Labute approximate surface area is 101 Å². The van der Waals surface area contributed by atoms with Crippen molar-refractivity contribution >= 4 is 0 Å². The van der Waals surface area contributed by atoms with Gasteiger partial charge in [-0.25, -0.2) is 0 Å². The lowest BCUT2D eigenvalue weighted by molar-refractivity contribution is -0.297. The summed E-state index contributed by atoms with van der Waals surface area (Å²) in [7, 11) is 0. The number of hydrogen-bond acceptors (Lipinski definition) is 2. The van der Waals surface area contributed by atoms with Crippen molar-refractivity contribution in [1.82, 2.24) is 0 Å². The van der Waals surface area contributed by atoms with Crippen LogP contribution in [0.2, 0.25) is 0 Å². The molecular weight excluding hydrogens is 257 g/mol. The predicted molar refractivity (Wildman–Crippen MR) is 55.0 cm³/mol. The molecule has 1 aromatic carbocycles. The van der Waals surface area contributed by atoms with Crippen molar-refractivity contribution in [1.29, 1.82) is 0 Å². The van der Waals surface area contributed by atoms with Gasteiger partial charge < -0.3 is 10.5 Å². The smallest absolute Gasteiger partial charge is 0.370 e. The minimum absolute atomic E-state index is 0.309. The van der Waals surface area contributed by atoms with Crippen molar-refractivity contribution < 1.29 is 26.7 Å². The molecule has 0 aliphatic rings. The summed E-state index contributed by atoms with van der Waals surface area (Å²) in [4.78, 5) is 0. The lowest BCUT2D eigenvalue weighted by Gasteiger charge is -2.19. The summed E-state index contributed by atoms with van der Waals surface area (Å²) in [6.07, 6.45) is -5.59. The molecule has 2 nitrogen and oxygen atoms in total. The van der Waals surface area contributed by atoms with E-state index in [1.165, 1.54) is 0 Å². The third-order valence-corrected chi connectivity index (χ3v) is 2.23. The average molecular weight is 269 g/mol. The van der Waals surface area contributed by atoms with Crippen molar-refractivity contribution in [2.75, 3.05) is 6.61 Å². The normalized spacial score (nSPS) is 12.8. The maximum atomic E-state index is 12.5.